The van der Waals surface area contributed by atoms with Crippen molar-refractivity contribution in [2.75, 3.05) is 6.61 Å². The minimum Gasteiger partial charge on any atom is -0.462 e. The van der Waals surface area contributed by atoms with Crippen LogP contribution in [0.5, 0.6) is 0 Å². The van der Waals surface area contributed by atoms with Crippen LogP contribution < -0.4 is 5.73 Å². The van der Waals surface area contributed by atoms with Crippen molar-refractivity contribution in [2.24, 2.45) is 5.73 Å². The van der Waals surface area contributed by atoms with Crippen LogP contribution in [0, 0.1) is 5.82 Å². The number of benzene rings is 1. The molecule has 100 valence electrons. The van der Waals surface area contributed by atoms with Gasteiger partial charge >= 0.3 is 11.9 Å². The number of alkyl halides is 2. The summed E-state index contributed by atoms with van der Waals surface area (Å²) in [5.41, 5.74) is 4.80. The average Bonchev–Trinajstić information content (AvgIpc) is 2.28. The molecule has 1 aromatic rings. The van der Waals surface area contributed by atoms with E-state index in [2.05, 4.69) is 20.7 Å². The Kier molecular flexibility index (Phi) is 4.75. The Morgan fingerprint density at radius 3 is 2.67 bits per heavy atom. The van der Waals surface area contributed by atoms with E-state index >= 15 is 0 Å². The number of esters is 1. The Hall–Kier alpha value is -1.08. The van der Waals surface area contributed by atoms with Gasteiger partial charge in [0.25, 0.3) is 0 Å². The third-order valence-electron chi connectivity index (χ3n) is 2.24. The summed E-state index contributed by atoms with van der Waals surface area (Å²) < 4.78 is 45.3. The average molecular weight is 326 g/mol. The van der Waals surface area contributed by atoms with E-state index in [1.165, 1.54) is 13.0 Å². The van der Waals surface area contributed by atoms with Crippen molar-refractivity contribution in [1.29, 1.82) is 0 Å². The summed E-state index contributed by atoms with van der Waals surface area (Å²) in [6, 6.07) is 1.36. The zero-order chi connectivity index (χ0) is 13.9. The van der Waals surface area contributed by atoms with Crippen molar-refractivity contribution < 1.29 is 22.7 Å². The lowest BCUT2D eigenvalue weighted by Gasteiger charge is -2.22. The van der Waals surface area contributed by atoms with Crippen molar-refractivity contribution in [2.45, 2.75) is 18.9 Å². The summed E-state index contributed by atoms with van der Waals surface area (Å²) in [4.78, 5) is 11.1. The summed E-state index contributed by atoms with van der Waals surface area (Å²) in [6.45, 7) is 1.18. The van der Waals surface area contributed by atoms with Gasteiger partial charge in [0.05, 0.1) is 6.61 Å². The quantitative estimate of drug-likeness (QED) is 0.866. The third kappa shape index (κ3) is 3.02. The fourth-order valence-electron chi connectivity index (χ4n) is 1.30. The van der Waals surface area contributed by atoms with Crippen LogP contribution in [-0.2, 0) is 9.53 Å². The van der Waals surface area contributed by atoms with Gasteiger partial charge < -0.3 is 10.5 Å². The summed E-state index contributed by atoms with van der Waals surface area (Å²) in [5.74, 6) is -6.66. The van der Waals surface area contributed by atoms with Gasteiger partial charge in [0.15, 0.2) is 0 Å². The van der Waals surface area contributed by atoms with Crippen LogP contribution in [0.4, 0.5) is 13.2 Å². The molecule has 0 amide bonds. The van der Waals surface area contributed by atoms with E-state index in [0.29, 0.717) is 4.47 Å². The van der Waals surface area contributed by atoms with Gasteiger partial charge in [0.2, 0.25) is 0 Å². The molecule has 18 heavy (non-hydrogen) atoms. The van der Waals surface area contributed by atoms with Crippen LogP contribution in [0.15, 0.2) is 22.7 Å². The number of halogens is 4. The van der Waals surface area contributed by atoms with Gasteiger partial charge in [-0.15, -0.1) is 0 Å². The maximum Gasteiger partial charge on any atom is 0.379 e. The molecule has 0 aromatic heterocycles. The molecule has 0 spiro atoms. The second-order valence-electron chi connectivity index (χ2n) is 3.49. The standard InChI is InChI=1S/C11H11BrF3NO2/c1-2-18-10(17)11(14,15)9(16)7-4-3-6(12)5-8(7)13/h3-5,9H,2,16H2,1H3/t9-/m0/s1. The molecule has 0 radical (unpaired) electrons. The van der Waals surface area contributed by atoms with E-state index in [1.54, 1.807) is 0 Å². The summed E-state index contributed by atoms with van der Waals surface area (Å²) in [6.07, 6.45) is 0. The second-order valence-corrected chi connectivity index (χ2v) is 4.40. The number of carbonyl (C=O) groups is 1. The van der Waals surface area contributed by atoms with Crippen molar-refractivity contribution in [3.63, 3.8) is 0 Å². The molecule has 2 N–H and O–H groups in total. The Balaban J connectivity index is 3.05. The molecule has 0 bridgehead atoms. The fourth-order valence-corrected chi connectivity index (χ4v) is 1.64. The number of rotatable bonds is 4. The highest BCUT2D eigenvalue weighted by atomic mass is 79.9. The highest BCUT2D eigenvalue weighted by Crippen LogP contribution is 2.32. The first-order chi connectivity index (χ1) is 8.30. The summed E-state index contributed by atoms with van der Waals surface area (Å²) >= 11 is 2.99. The van der Waals surface area contributed by atoms with Crippen LogP contribution in [0.3, 0.4) is 0 Å². The maximum absolute atomic E-state index is 13.6. The first-order valence-corrected chi connectivity index (χ1v) is 5.85. The minimum atomic E-state index is -3.98. The van der Waals surface area contributed by atoms with Gasteiger partial charge in [0.1, 0.15) is 11.9 Å². The predicted octanol–water partition coefficient (Wildman–Crippen LogP) is 2.79. The van der Waals surface area contributed by atoms with Crippen molar-refractivity contribution in [1.82, 2.24) is 0 Å². The predicted molar refractivity (Wildman–Crippen MR) is 62.6 cm³/mol. The fraction of sp³-hybridized carbons (Fsp3) is 0.364. The molecule has 0 heterocycles. The van der Waals surface area contributed by atoms with Gasteiger partial charge in [-0.1, -0.05) is 22.0 Å². The highest BCUT2D eigenvalue weighted by Gasteiger charge is 2.48. The van der Waals surface area contributed by atoms with Gasteiger partial charge in [0, 0.05) is 10.0 Å². The van der Waals surface area contributed by atoms with E-state index in [0.717, 1.165) is 12.1 Å². The lowest BCUT2D eigenvalue weighted by atomic mass is 10.0. The summed E-state index contributed by atoms with van der Waals surface area (Å²) in [5, 5.41) is 0. The Labute approximate surface area is 110 Å². The lowest BCUT2D eigenvalue weighted by Crippen LogP contribution is -2.42. The van der Waals surface area contributed by atoms with Gasteiger partial charge in [-0.25, -0.2) is 9.18 Å². The van der Waals surface area contributed by atoms with Gasteiger partial charge in [-0.2, -0.15) is 8.78 Å². The van der Waals surface area contributed by atoms with Crippen LogP contribution in [0.25, 0.3) is 0 Å². The van der Waals surface area contributed by atoms with Crippen LogP contribution in [0.2, 0.25) is 0 Å². The smallest absolute Gasteiger partial charge is 0.379 e. The Bertz CT molecular complexity index is 454. The number of carbonyl (C=O) groups excluding carboxylic acids is 1. The molecule has 0 saturated heterocycles. The van der Waals surface area contributed by atoms with Crippen LogP contribution >= 0.6 is 15.9 Å². The molecule has 0 saturated carbocycles. The lowest BCUT2D eigenvalue weighted by molar-refractivity contribution is -0.174. The van der Waals surface area contributed by atoms with Crippen LogP contribution in [0.1, 0.15) is 18.5 Å². The highest BCUT2D eigenvalue weighted by molar-refractivity contribution is 9.10. The maximum atomic E-state index is 13.6. The molecule has 7 heteroatoms. The van der Waals surface area contributed by atoms with Crippen molar-refractivity contribution >= 4 is 21.9 Å². The first kappa shape index (κ1) is 15.0. The zero-order valence-electron chi connectivity index (χ0n) is 9.42. The Morgan fingerprint density at radius 2 is 2.17 bits per heavy atom. The number of ether oxygens (including phenoxy) is 1. The summed E-state index contributed by atoms with van der Waals surface area (Å²) in [7, 11) is 0. The number of hydrogen-bond donors (Lipinski definition) is 1. The molecule has 0 aliphatic heterocycles. The van der Waals surface area contributed by atoms with E-state index < -0.39 is 29.3 Å². The molecule has 0 unspecified atom stereocenters. The Morgan fingerprint density at radius 1 is 1.56 bits per heavy atom. The first-order valence-electron chi connectivity index (χ1n) is 5.06. The minimum absolute atomic E-state index is 0.204. The third-order valence-corrected chi connectivity index (χ3v) is 2.73. The van der Waals surface area contributed by atoms with E-state index in [-0.39, 0.29) is 6.61 Å². The molecular weight excluding hydrogens is 315 g/mol. The normalized spacial score (nSPS) is 13.2. The van der Waals surface area contributed by atoms with Gasteiger partial charge in [-0.05, 0) is 19.1 Å². The van der Waals surface area contributed by atoms with E-state index in [4.69, 9.17) is 5.73 Å². The number of nitrogens with two attached hydrogens (primary N) is 1. The van der Waals surface area contributed by atoms with E-state index in [1.807, 2.05) is 0 Å². The molecule has 0 aliphatic carbocycles. The molecule has 3 nitrogen and oxygen atoms in total. The largest absolute Gasteiger partial charge is 0.462 e. The van der Waals surface area contributed by atoms with Crippen LogP contribution in [-0.4, -0.2) is 18.5 Å². The monoisotopic (exact) mass is 325 g/mol. The van der Waals surface area contributed by atoms with Gasteiger partial charge in [-0.3, -0.25) is 0 Å². The van der Waals surface area contributed by atoms with Crippen molar-refractivity contribution in [3.8, 4) is 0 Å². The molecule has 0 fully saturated rings. The number of hydrogen-bond acceptors (Lipinski definition) is 3. The van der Waals surface area contributed by atoms with Crippen molar-refractivity contribution in [3.05, 3.63) is 34.1 Å². The molecular formula is C11H11BrF3NO2. The van der Waals surface area contributed by atoms with E-state index in [9.17, 15) is 18.0 Å². The molecule has 1 rings (SSSR count). The SMILES string of the molecule is CCOC(=O)C(F)(F)[C@@H](N)c1ccc(Br)cc1F. The zero-order valence-corrected chi connectivity index (χ0v) is 11.0. The molecule has 1 aromatic carbocycles. The topological polar surface area (TPSA) is 52.3 Å². The second kappa shape index (κ2) is 5.71. The molecule has 1 atom stereocenters. The molecule has 0 aliphatic rings.